The molecule has 2 saturated heterocycles. The van der Waals surface area contributed by atoms with Crippen LogP contribution in [0.3, 0.4) is 0 Å². The monoisotopic (exact) mass is 348 g/mol. The van der Waals surface area contributed by atoms with Crippen LogP contribution in [0.4, 0.5) is 15.0 Å². The number of nitrogens with one attached hydrogen (secondary N) is 2. The highest BCUT2D eigenvalue weighted by Crippen LogP contribution is 2.38. The van der Waals surface area contributed by atoms with E-state index in [0.717, 1.165) is 25.9 Å². The number of aromatic nitrogens is 1. The maximum Gasteiger partial charge on any atom is 0.315 e. The number of hydrogen-bond donors (Lipinski definition) is 2. The van der Waals surface area contributed by atoms with Gasteiger partial charge in [0.25, 0.3) is 0 Å². The highest BCUT2D eigenvalue weighted by molar-refractivity contribution is 5.74. The fourth-order valence-corrected chi connectivity index (χ4v) is 3.85. The van der Waals surface area contributed by atoms with Crippen LogP contribution < -0.4 is 15.5 Å². The van der Waals surface area contributed by atoms with E-state index in [1.54, 1.807) is 12.3 Å². The Morgan fingerprint density at radius 1 is 1.24 bits per heavy atom. The van der Waals surface area contributed by atoms with Crippen LogP contribution in [0, 0.1) is 11.7 Å². The Bertz CT molecular complexity index is 625. The molecule has 7 heteroatoms. The average Bonchev–Trinajstić information content (AvgIpc) is 3.36. The van der Waals surface area contributed by atoms with E-state index in [1.807, 2.05) is 4.90 Å². The number of amides is 2. The second-order valence-electron chi connectivity index (χ2n) is 7.33. The molecule has 2 amide bonds. The van der Waals surface area contributed by atoms with Crippen LogP contribution in [0.1, 0.15) is 32.1 Å². The molecule has 2 aliphatic heterocycles. The Kier molecular flexibility index (Phi) is 4.74. The van der Waals surface area contributed by atoms with Gasteiger partial charge in [0.1, 0.15) is 0 Å². The molecule has 0 radical (unpaired) electrons. The summed E-state index contributed by atoms with van der Waals surface area (Å²) in [5.74, 6) is 0.745. The lowest BCUT2D eigenvalue weighted by Crippen LogP contribution is -2.49. The number of halogens is 1. The summed E-state index contributed by atoms with van der Waals surface area (Å²) in [7, 11) is 0. The van der Waals surface area contributed by atoms with Gasteiger partial charge < -0.3 is 20.3 Å². The third-order valence-corrected chi connectivity index (χ3v) is 5.36. The quantitative estimate of drug-likeness (QED) is 0.874. The first-order valence-corrected chi connectivity index (χ1v) is 9.23. The van der Waals surface area contributed by atoms with Crippen molar-refractivity contribution in [3.63, 3.8) is 0 Å². The zero-order valence-electron chi connectivity index (χ0n) is 14.3. The van der Waals surface area contributed by atoms with Crippen molar-refractivity contribution in [3.05, 3.63) is 24.1 Å². The summed E-state index contributed by atoms with van der Waals surface area (Å²) in [6.45, 7) is 2.00. The minimum absolute atomic E-state index is 0.0143. The lowest BCUT2D eigenvalue weighted by molar-refractivity contribution is -0.00917. The first-order chi connectivity index (χ1) is 12.2. The fraction of sp³-hybridized carbons (Fsp3) is 0.667. The van der Waals surface area contributed by atoms with E-state index in [1.165, 1.54) is 18.9 Å². The topological polar surface area (TPSA) is 66.5 Å². The van der Waals surface area contributed by atoms with Crippen LogP contribution in [-0.2, 0) is 4.74 Å². The molecule has 0 aromatic carbocycles. The van der Waals surface area contributed by atoms with Crippen molar-refractivity contribution in [1.82, 2.24) is 15.6 Å². The minimum Gasteiger partial charge on any atom is -0.378 e. The highest BCUT2D eigenvalue weighted by atomic mass is 19.1. The Labute approximate surface area is 147 Å². The van der Waals surface area contributed by atoms with Gasteiger partial charge in [0.15, 0.2) is 11.6 Å². The van der Waals surface area contributed by atoms with Crippen LogP contribution in [0.2, 0.25) is 0 Å². The molecule has 0 spiro atoms. The second kappa shape index (κ2) is 7.15. The van der Waals surface area contributed by atoms with Gasteiger partial charge >= 0.3 is 6.03 Å². The van der Waals surface area contributed by atoms with Gasteiger partial charge in [-0.1, -0.05) is 0 Å². The van der Waals surface area contributed by atoms with Gasteiger partial charge in [-0.15, -0.1) is 0 Å². The third kappa shape index (κ3) is 4.03. The van der Waals surface area contributed by atoms with Crippen LogP contribution in [-0.4, -0.2) is 48.9 Å². The number of urea groups is 1. The molecule has 3 heterocycles. The molecule has 1 aromatic rings. The predicted molar refractivity (Wildman–Crippen MR) is 92.0 cm³/mol. The number of nitrogens with zero attached hydrogens (tertiary/aromatic N) is 2. The lowest BCUT2D eigenvalue weighted by Gasteiger charge is -2.30. The van der Waals surface area contributed by atoms with Crippen LogP contribution in [0.15, 0.2) is 18.3 Å². The van der Waals surface area contributed by atoms with Crippen molar-refractivity contribution in [2.45, 2.75) is 50.3 Å². The standard InChI is InChI=1S/C18H25FN4O2/c19-15-2-1-7-20-17(15)23-8-5-14(11-23)22-18(24)21-13-6-9-25-16(10-13)12-3-4-12/h1-2,7,12-14,16H,3-6,8-11H2,(H2,21,22,24)/t13-,14+,16+/m1/s1. The molecule has 0 unspecified atom stereocenters. The van der Waals surface area contributed by atoms with Crippen LogP contribution >= 0.6 is 0 Å². The summed E-state index contributed by atoms with van der Waals surface area (Å²) < 4.78 is 19.6. The Morgan fingerprint density at radius 2 is 2.08 bits per heavy atom. The largest absolute Gasteiger partial charge is 0.378 e. The Morgan fingerprint density at radius 3 is 2.88 bits per heavy atom. The summed E-state index contributed by atoms with van der Waals surface area (Å²) in [6, 6.07) is 3.07. The number of hydrogen-bond acceptors (Lipinski definition) is 4. The van der Waals surface area contributed by atoms with Gasteiger partial charge in [-0.05, 0) is 50.2 Å². The molecular formula is C18H25FN4O2. The molecule has 1 saturated carbocycles. The van der Waals surface area contributed by atoms with Gasteiger partial charge in [0, 0.05) is 38.0 Å². The smallest absolute Gasteiger partial charge is 0.315 e. The molecule has 3 atom stereocenters. The van der Waals surface area contributed by atoms with Gasteiger partial charge in [-0.3, -0.25) is 0 Å². The number of rotatable bonds is 4. The first kappa shape index (κ1) is 16.6. The highest BCUT2D eigenvalue weighted by Gasteiger charge is 2.36. The van der Waals surface area contributed by atoms with Crippen molar-refractivity contribution in [1.29, 1.82) is 0 Å². The fourth-order valence-electron chi connectivity index (χ4n) is 3.85. The van der Waals surface area contributed by atoms with Crippen molar-refractivity contribution in [2.75, 3.05) is 24.6 Å². The molecule has 3 aliphatic rings. The van der Waals surface area contributed by atoms with Crippen molar-refractivity contribution >= 4 is 11.8 Å². The molecule has 1 aromatic heterocycles. The lowest BCUT2D eigenvalue weighted by atomic mass is 10.0. The predicted octanol–water partition coefficient (Wildman–Crippen LogP) is 2.06. The molecule has 4 rings (SSSR count). The first-order valence-electron chi connectivity index (χ1n) is 9.23. The average molecular weight is 348 g/mol. The van der Waals surface area contributed by atoms with Crippen molar-refractivity contribution in [2.24, 2.45) is 5.92 Å². The third-order valence-electron chi connectivity index (χ3n) is 5.36. The van der Waals surface area contributed by atoms with Crippen molar-refractivity contribution in [3.8, 4) is 0 Å². The van der Waals surface area contributed by atoms with Gasteiger partial charge in [-0.25, -0.2) is 14.2 Å². The van der Waals surface area contributed by atoms with E-state index in [0.29, 0.717) is 30.9 Å². The molecular weight excluding hydrogens is 323 g/mol. The van der Waals surface area contributed by atoms with E-state index >= 15 is 0 Å². The molecule has 2 N–H and O–H groups in total. The van der Waals surface area contributed by atoms with Gasteiger partial charge in [-0.2, -0.15) is 0 Å². The number of carbonyl (C=O) groups is 1. The van der Waals surface area contributed by atoms with E-state index in [2.05, 4.69) is 15.6 Å². The van der Waals surface area contributed by atoms with E-state index in [9.17, 15) is 9.18 Å². The molecule has 0 bridgehead atoms. The SMILES string of the molecule is O=C(N[C@@H]1CCO[C@H](C2CC2)C1)N[C@H]1CCN(c2ncccc2F)C1. The van der Waals surface area contributed by atoms with E-state index in [4.69, 9.17) is 4.74 Å². The molecule has 1 aliphatic carbocycles. The summed E-state index contributed by atoms with van der Waals surface area (Å²) >= 11 is 0. The Balaban J connectivity index is 1.25. The van der Waals surface area contributed by atoms with Crippen LogP contribution in [0.25, 0.3) is 0 Å². The number of pyridine rings is 1. The summed E-state index contributed by atoms with van der Waals surface area (Å²) in [5.41, 5.74) is 0. The van der Waals surface area contributed by atoms with Gasteiger partial charge in [0.2, 0.25) is 0 Å². The number of anilines is 1. The molecule has 136 valence electrons. The van der Waals surface area contributed by atoms with Crippen LogP contribution in [0.5, 0.6) is 0 Å². The van der Waals surface area contributed by atoms with Crippen molar-refractivity contribution < 1.29 is 13.9 Å². The normalized spacial score (nSPS) is 29.5. The minimum atomic E-state index is -0.319. The number of carbonyl (C=O) groups excluding carboxylic acids is 1. The zero-order chi connectivity index (χ0) is 17.2. The summed E-state index contributed by atoms with van der Waals surface area (Å²) in [6.07, 6.45) is 6.99. The van der Waals surface area contributed by atoms with E-state index in [-0.39, 0.29) is 23.9 Å². The zero-order valence-corrected chi connectivity index (χ0v) is 14.3. The maximum atomic E-state index is 13.8. The summed E-state index contributed by atoms with van der Waals surface area (Å²) in [4.78, 5) is 18.3. The number of ether oxygens (including phenoxy) is 1. The maximum absolute atomic E-state index is 13.8. The Hall–Kier alpha value is -1.89. The second-order valence-corrected chi connectivity index (χ2v) is 7.33. The molecule has 6 nitrogen and oxygen atoms in total. The molecule has 3 fully saturated rings. The summed E-state index contributed by atoms with van der Waals surface area (Å²) in [5, 5.41) is 6.11. The van der Waals surface area contributed by atoms with Gasteiger partial charge in [0.05, 0.1) is 6.10 Å². The van der Waals surface area contributed by atoms with E-state index < -0.39 is 0 Å². The molecule has 25 heavy (non-hydrogen) atoms.